The molecule has 82 valence electrons. The predicted molar refractivity (Wildman–Crippen MR) is 53.7 cm³/mol. The zero-order chi connectivity index (χ0) is 11.4. The summed E-state index contributed by atoms with van der Waals surface area (Å²) in [6.07, 6.45) is 1.41. The maximum Gasteiger partial charge on any atom is 0.256 e. The number of nitrogens with zero attached hydrogens (tertiary/aromatic N) is 1. The fourth-order valence-electron chi connectivity index (χ4n) is 1.13. The van der Waals surface area contributed by atoms with E-state index in [0.717, 1.165) is 0 Å². The molecule has 15 heavy (non-hydrogen) atoms. The third kappa shape index (κ3) is 2.97. The molecular weight excluding hydrogens is 198 g/mol. The molecule has 0 saturated heterocycles. The Hall–Kier alpha value is -2.05. The minimum absolute atomic E-state index is 0.0868. The molecule has 0 fully saturated rings. The van der Waals surface area contributed by atoms with Crippen molar-refractivity contribution in [2.24, 2.45) is 5.73 Å². The average Bonchev–Trinajstić information content (AvgIpc) is 2.49. The lowest BCUT2D eigenvalue weighted by atomic mass is 10.2. The number of rotatable bonds is 4. The molecule has 0 spiro atoms. The lowest BCUT2D eigenvalue weighted by Gasteiger charge is -2.10. The Morgan fingerprint density at radius 2 is 2.33 bits per heavy atom. The van der Waals surface area contributed by atoms with Gasteiger partial charge in [0.15, 0.2) is 0 Å². The van der Waals surface area contributed by atoms with E-state index >= 15 is 0 Å². The van der Waals surface area contributed by atoms with Gasteiger partial charge in [0.05, 0.1) is 6.20 Å². The molecule has 1 atom stereocenters. The Labute approximate surface area is 86.2 Å². The van der Waals surface area contributed by atoms with Gasteiger partial charge in [0, 0.05) is 12.5 Å². The summed E-state index contributed by atoms with van der Waals surface area (Å²) in [5.74, 6) is -0.656. The van der Waals surface area contributed by atoms with Crippen molar-refractivity contribution in [3.8, 4) is 0 Å². The number of amides is 2. The molecule has 0 aliphatic rings. The van der Waals surface area contributed by atoms with Crippen molar-refractivity contribution >= 4 is 17.6 Å². The number of nitrogens with two attached hydrogens (primary N) is 2. The monoisotopic (exact) mass is 211 g/mol. The molecule has 7 heteroatoms. The molecule has 0 radical (unpaired) electrons. The molecule has 1 heterocycles. The maximum absolute atomic E-state index is 11.5. The number of nitrogens with one attached hydrogen (secondary N) is 2. The fraction of sp³-hybridized carbons (Fsp3) is 0.375. The summed E-state index contributed by atoms with van der Waals surface area (Å²) in [5, 5.41) is 8.62. The van der Waals surface area contributed by atoms with Crippen LogP contribution in [0.5, 0.6) is 0 Å². The molecule has 2 amide bonds. The number of carbonyl (C=O) groups excluding carboxylic acids is 2. The van der Waals surface area contributed by atoms with Gasteiger partial charge < -0.3 is 16.8 Å². The molecular formula is C8H13N5O2. The first-order valence-corrected chi connectivity index (χ1v) is 4.38. The first-order chi connectivity index (χ1) is 7.00. The van der Waals surface area contributed by atoms with Crippen molar-refractivity contribution in [3.63, 3.8) is 0 Å². The molecule has 6 N–H and O–H groups in total. The minimum atomic E-state index is -0.469. The molecule has 1 rings (SSSR count). The summed E-state index contributed by atoms with van der Waals surface area (Å²) in [7, 11) is 0. The fourth-order valence-corrected chi connectivity index (χ4v) is 1.13. The standard InChI is InChI=1S/C8H13N5O2/c1-4(2-6(9)14)12-8(15)5-3-11-13-7(5)10/h3-4H,2H2,1H3,(H2,9,14)(H,12,15)(H3,10,11,13). The van der Waals surface area contributed by atoms with Gasteiger partial charge in [-0.25, -0.2) is 0 Å². The number of aromatic nitrogens is 2. The molecule has 0 bridgehead atoms. The van der Waals surface area contributed by atoms with Crippen LogP contribution in [0.25, 0.3) is 0 Å². The Morgan fingerprint density at radius 3 is 2.80 bits per heavy atom. The number of carbonyl (C=O) groups is 2. The molecule has 7 nitrogen and oxygen atoms in total. The highest BCUT2D eigenvalue weighted by molar-refractivity contribution is 5.98. The van der Waals surface area contributed by atoms with E-state index in [1.807, 2.05) is 0 Å². The number of aromatic amines is 1. The van der Waals surface area contributed by atoms with E-state index < -0.39 is 5.91 Å². The van der Waals surface area contributed by atoms with E-state index in [2.05, 4.69) is 15.5 Å². The SMILES string of the molecule is CC(CC(N)=O)NC(=O)c1cn[nH]c1N. The highest BCUT2D eigenvalue weighted by Gasteiger charge is 2.14. The summed E-state index contributed by atoms with van der Waals surface area (Å²) in [6.45, 7) is 1.68. The van der Waals surface area contributed by atoms with Crippen LogP contribution >= 0.6 is 0 Å². The van der Waals surface area contributed by atoms with Gasteiger partial charge in [-0.2, -0.15) is 5.10 Å². The lowest BCUT2D eigenvalue weighted by Crippen LogP contribution is -2.35. The first kappa shape index (κ1) is 11.0. The highest BCUT2D eigenvalue weighted by Crippen LogP contribution is 2.05. The van der Waals surface area contributed by atoms with Crippen LogP contribution in [0.1, 0.15) is 23.7 Å². The van der Waals surface area contributed by atoms with Crippen LogP contribution in [-0.2, 0) is 4.79 Å². The zero-order valence-electron chi connectivity index (χ0n) is 8.28. The number of primary amides is 1. The second-order valence-electron chi connectivity index (χ2n) is 3.24. The van der Waals surface area contributed by atoms with Gasteiger partial charge in [-0.1, -0.05) is 0 Å². The number of H-pyrrole nitrogens is 1. The second-order valence-corrected chi connectivity index (χ2v) is 3.24. The summed E-state index contributed by atoms with van der Waals surface area (Å²) in [4.78, 5) is 22.1. The minimum Gasteiger partial charge on any atom is -0.383 e. The van der Waals surface area contributed by atoms with Crippen molar-refractivity contribution in [1.29, 1.82) is 0 Å². The molecule has 1 unspecified atom stereocenters. The second kappa shape index (κ2) is 4.45. The molecule has 1 aromatic heterocycles. The van der Waals surface area contributed by atoms with Gasteiger partial charge in [0.2, 0.25) is 5.91 Å². The third-order valence-electron chi connectivity index (χ3n) is 1.80. The van der Waals surface area contributed by atoms with Crippen LogP contribution in [0.2, 0.25) is 0 Å². The van der Waals surface area contributed by atoms with Gasteiger partial charge in [-0.05, 0) is 6.92 Å². The Bertz CT molecular complexity index is 373. The number of hydrogen-bond donors (Lipinski definition) is 4. The zero-order valence-corrected chi connectivity index (χ0v) is 8.28. The number of anilines is 1. The largest absolute Gasteiger partial charge is 0.383 e. The topological polar surface area (TPSA) is 127 Å². The van der Waals surface area contributed by atoms with Crippen LogP contribution in [0.15, 0.2) is 6.20 Å². The Morgan fingerprint density at radius 1 is 1.67 bits per heavy atom. The molecule has 0 aliphatic heterocycles. The first-order valence-electron chi connectivity index (χ1n) is 4.38. The predicted octanol–water partition coefficient (Wildman–Crippen LogP) is -1.01. The van der Waals surface area contributed by atoms with Crippen molar-refractivity contribution in [2.75, 3.05) is 5.73 Å². The van der Waals surface area contributed by atoms with Gasteiger partial charge in [-0.15, -0.1) is 0 Å². The van der Waals surface area contributed by atoms with Crippen LogP contribution in [0.4, 0.5) is 5.82 Å². The Balaban J connectivity index is 2.56. The maximum atomic E-state index is 11.5. The lowest BCUT2D eigenvalue weighted by molar-refractivity contribution is -0.118. The highest BCUT2D eigenvalue weighted by atomic mass is 16.2. The number of nitrogen functional groups attached to an aromatic ring is 1. The molecule has 0 aliphatic carbocycles. The van der Waals surface area contributed by atoms with E-state index in [4.69, 9.17) is 11.5 Å². The van der Waals surface area contributed by atoms with E-state index in [9.17, 15) is 9.59 Å². The van der Waals surface area contributed by atoms with E-state index in [-0.39, 0.29) is 29.8 Å². The van der Waals surface area contributed by atoms with Gasteiger partial charge in [0.25, 0.3) is 5.91 Å². The molecule has 1 aromatic rings. The van der Waals surface area contributed by atoms with Crippen LogP contribution < -0.4 is 16.8 Å². The quantitative estimate of drug-likeness (QED) is 0.508. The number of hydrogen-bond acceptors (Lipinski definition) is 4. The van der Waals surface area contributed by atoms with E-state index in [1.54, 1.807) is 6.92 Å². The van der Waals surface area contributed by atoms with Crippen LogP contribution in [-0.4, -0.2) is 28.1 Å². The van der Waals surface area contributed by atoms with Crippen LogP contribution in [0, 0.1) is 0 Å². The summed E-state index contributed by atoms with van der Waals surface area (Å²) in [6, 6.07) is -0.329. The summed E-state index contributed by atoms with van der Waals surface area (Å²) < 4.78 is 0. The Kier molecular flexibility index (Phi) is 3.27. The van der Waals surface area contributed by atoms with E-state index in [0.29, 0.717) is 0 Å². The van der Waals surface area contributed by atoms with Crippen molar-refractivity contribution in [2.45, 2.75) is 19.4 Å². The van der Waals surface area contributed by atoms with Gasteiger partial charge >= 0.3 is 0 Å². The normalized spacial score (nSPS) is 12.1. The van der Waals surface area contributed by atoms with E-state index in [1.165, 1.54) is 6.20 Å². The smallest absolute Gasteiger partial charge is 0.256 e. The average molecular weight is 211 g/mol. The van der Waals surface area contributed by atoms with Crippen molar-refractivity contribution < 1.29 is 9.59 Å². The van der Waals surface area contributed by atoms with Gasteiger partial charge in [-0.3, -0.25) is 14.7 Å². The van der Waals surface area contributed by atoms with Crippen molar-refractivity contribution in [1.82, 2.24) is 15.5 Å². The van der Waals surface area contributed by atoms with Gasteiger partial charge in [0.1, 0.15) is 11.4 Å². The van der Waals surface area contributed by atoms with Crippen molar-refractivity contribution in [3.05, 3.63) is 11.8 Å². The molecule has 0 saturated carbocycles. The van der Waals surface area contributed by atoms with Crippen LogP contribution in [0.3, 0.4) is 0 Å². The molecule has 0 aromatic carbocycles. The summed E-state index contributed by atoms with van der Waals surface area (Å²) in [5.41, 5.74) is 10.7. The summed E-state index contributed by atoms with van der Waals surface area (Å²) >= 11 is 0. The third-order valence-corrected chi connectivity index (χ3v) is 1.80.